The molecule has 0 radical (unpaired) electrons. The van der Waals surface area contributed by atoms with Crippen molar-refractivity contribution in [1.82, 2.24) is 0 Å². The summed E-state index contributed by atoms with van der Waals surface area (Å²) < 4.78 is 6.07. The normalized spacial score (nSPS) is 12.2. The Kier molecular flexibility index (Phi) is 5.12. The number of rotatable bonds is 5. The summed E-state index contributed by atoms with van der Waals surface area (Å²) in [6.45, 7) is 10.3. The molecule has 0 aliphatic carbocycles. The smallest absolute Gasteiger partial charge is 0.137 e. The molecule has 0 saturated heterocycles. The summed E-state index contributed by atoms with van der Waals surface area (Å²) >= 11 is 0. The molecule has 0 aromatic heterocycles. The van der Waals surface area contributed by atoms with Gasteiger partial charge in [0.1, 0.15) is 11.5 Å². The van der Waals surface area contributed by atoms with Gasteiger partial charge in [-0.2, -0.15) is 0 Å². The maximum Gasteiger partial charge on any atom is 0.137 e. The van der Waals surface area contributed by atoms with Crippen LogP contribution in [0.25, 0.3) is 10.8 Å². The zero-order valence-corrected chi connectivity index (χ0v) is 14.2. The first-order valence-corrected chi connectivity index (χ1v) is 8.04. The predicted octanol–water partition coefficient (Wildman–Crippen LogP) is 6.06. The zero-order valence-electron chi connectivity index (χ0n) is 14.2. The monoisotopic (exact) mass is 298 g/mol. The van der Waals surface area contributed by atoms with Crippen molar-refractivity contribution in [2.24, 2.45) is 0 Å². The summed E-state index contributed by atoms with van der Waals surface area (Å²) in [5.74, 6) is 2.38. The molecule has 0 heterocycles. The number of fused-ring (bicyclic) bond motifs is 1. The fourth-order valence-corrected chi connectivity index (χ4v) is 2.61. The van der Waals surface area contributed by atoms with E-state index in [2.05, 4.69) is 45.0 Å². The number of ether oxygens (including phenoxy) is 1. The molecule has 2 rings (SSSR count). The van der Waals surface area contributed by atoms with Crippen LogP contribution < -0.4 is 4.74 Å². The van der Waals surface area contributed by atoms with Crippen molar-refractivity contribution >= 4 is 10.8 Å². The van der Waals surface area contributed by atoms with Crippen molar-refractivity contribution in [3.8, 4) is 11.5 Å². The molecule has 0 atom stereocenters. The number of aryl methyl sites for hydroxylation is 1. The van der Waals surface area contributed by atoms with Gasteiger partial charge in [0.15, 0.2) is 0 Å². The van der Waals surface area contributed by atoms with Crippen LogP contribution in [0.4, 0.5) is 0 Å². The largest absolute Gasteiger partial charge is 0.508 e. The highest BCUT2D eigenvalue weighted by molar-refractivity contribution is 5.91. The zero-order chi connectivity index (χ0) is 16.3. The molecule has 0 saturated carbocycles. The Morgan fingerprint density at radius 1 is 1.27 bits per heavy atom. The average molecular weight is 298 g/mol. The molecule has 1 N–H and O–H groups in total. The van der Waals surface area contributed by atoms with E-state index in [4.69, 9.17) is 4.74 Å². The highest BCUT2D eigenvalue weighted by atomic mass is 16.5. The second-order valence-corrected chi connectivity index (χ2v) is 6.20. The molecule has 0 spiro atoms. The van der Waals surface area contributed by atoms with Gasteiger partial charge in [0.2, 0.25) is 0 Å². The lowest BCUT2D eigenvalue weighted by molar-refractivity contribution is 0.426. The second-order valence-electron chi connectivity index (χ2n) is 6.20. The van der Waals surface area contributed by atoms with E-state index in [1.54, 1.807) is 0 Å². The van der Waals surface area contributed by atoms with Gasteiger partial charge in [-0.15, -0.1) is 0 Å². The Labute approximate surface area is 133 Å². The van der Waals surface area contributed by atoms with Gasteiger partial charge < -0.3 is 9.84 Å². The minimum absolute atomic E-state index is 0.293. The molecule has 0 unspecified atom stereocenters. The van der Waals surface area contributed by atoms with Crippen molar-refractivity contribution in [3.05, 3.63) is 47.2 Å². The van der Waals surface area contributed by atoms with E-state index >= 15 is 0 Å². The van der Waals surface area contributed by atoms with Gasteiger partial charge in [0, 0.05) is 5.39 Å². The Morgan fingerprint density at radius 2 is 2.00 bits per heavy atom. The Hall–Kier alpha value is -1.96. The van der Waals surface area contributed by atoms with Crippen LogP contribution in [0.2, 0.25) is 0 Å². The number of hydrogen-bond acceptors (Lipinski definition) is 2. The first-order chi connectivity index (χ1) is 10.4. The molecule has 0 aliphatic rings. The summed E-state index contributed by atoms with van der Waals surface area (Å²) in [7, 11) is 0. The molecule has 118 valence electrons. The lowest BCUT2D eigenvalue weighted by Gasteiger charge is -2.15. The molecule has 2 heteroatoms. The summed E-state index contributed by atoms with van der Waals surface area (Å²) in [6, 6.07) is 8.06. The number of allylic oxidation sites excluding steroid dienone is 2. The number of unbranched alkanes of at least 4 members (excludes halogenated alkanes) is 1. The van der Waals surface area contributed by atoms with Crippen LogP contribution in [0.3, 0.4) is 0 Å². The number of hydrogen-bond donors (Lipinski definition) is 1. The van der Waals surface area contributed by atoms with E-state index < -0.39 is 0 Å². The van der Waals surface area contributed by atoms with Crippen molar-refractivity contribution < 1.29 is 9.84 Å². The van der Waals surface area contributed by atoms with Crippen molar-refractivity contribution in [1.29, 1.82) is 0 Å². The third kappa shape index (κ3) is 3.44. The maximum absolute atomic E-state index is 10.3. The molecule has 2 nitrogen and oxygen atoms in total. The molecule has 0 bridgehead atoms. The lowest BCUT2D eigenvalue weighted by Crippen LogP contribution is -1.96. The minimum atomic E-state index is 0.293. The molecule has 0 amide bonds. The second kappa shape index (κ2) is 6.87. The van der Waals surface area contributed by atoms with Crippen LogP contribution in [0, 0.1) is 6.92 Å². The Bertz CT molecular complexity index is 696. The number of benzene rings is 2. The van der Waals surface area contributed by atoms with E-state index in [0.717, 1.165) is 46.2 Å². The van der Waals surface area contributed by atoms with E-state index in [-0.39, 0.29) is 0 Å². The van der Waals surface area contributed by atoms with Gasteiger partial charge in [0.25, 0.3) is 0 Å². The first kappa shape index (κ1) is 16.4. The van der Waals surface area contributed by atoms with Crippen LogP contribution in [0.5, 0.6) is 11.5 Å². The quantitative estimate of drug-likeness (QED) is 0.680. The fourth-order valence-electron chi connectivity index (χ4n) is 2.61. The van der Waals surface area contributed by atoms with Crippen molar-refractivity contribution in [2.75, 3.05) is 0 Å². The first-order valence-electron chi connectivity index (χ1n) is 8.04. The van der Waals surface area contributed by atoms with Gasteiger partial charge in [-0.1, -0.05) is 39.3 Å². The van der Waals surface area contributed by atoms with Gasteiger partial charge >= 0.3 is 0 Å². The third-order valence-electron chi connectivity index (χ3n) is 3.92. The van der Waals surface area contributed by atoms with E-state index in [1.807, 2.05) is 19.9 Å². The lowest BCUT2D eigenvalue weighted by atomic mass is 9.96. The number of phenols is 1. The number of phenolic OH excluding ortho intramolecular Hbond substituents is 1. The standard InChI is InChI=1S/C20H26O2/c1-6-7-8-15(5)22-20-14(4)9-10-16-11-17(13(2)3)19(21)12-18(16)20/h8-13,21H,6-7H2,1-5H3/b15-8-. The Balaban J connectivity index is 2.53. The van der Waals surface area contributed by atoms with Crippen LogP contribution in [-0.4, -0.2) is 5.11 Å². The summed E-state index contributed by atoms with van der Waals surface area (Å²) in [6.07, 6.45) is 4.23. The summed E-state index contributed by atoms with van der Waals surface area (Å²) in [4.78, 5) is 0. The van der Waals surface area contributed by atoms with Crippen molar-refractivity contribution in [2.45, 2.75) is 53.4 Å². The van der Waals surface area contributed by atoms with Crippen LogP contribution >= 0.6 is 0 Å². The predicted molar refractivity (Wildman–Crippen MR) is 93.7 cm³/mol. The molecular weight excluding hydrogens is 272 g/mol. The molecule has 2 aromatic carbocycles. The molecule has 0 aliphatic heterocycles. The topological polar surface area (TPSA) is 29.5 Å². The molecule has 22 heavy (non-hydrogen) atoms. The molecule has 0 fully saturated rings. The van der Waals surface area contributed by atoms with Crippen LogP contribution in [0.15, 0.2) is 36.1 Å². The van der Waals surface area contributed by atoms with Gasteiger partial charge in [0.05, 0.1) is 5.76 Å². The highest BCUT2D eigenvalue weighted by Gasteiger charge is 2.13. The van der Waals surface area contributed by atoms with Gasteiger partial charge in [-0.05, 0) is 60.9 Å². The summed E-state index contributed by atoms with van der Waals surface area (Å²) in [5.41, 5.74) is 2.05. The van der Waals surface area contributed by atoms with Crippen LogP contribution in [-0.2, 0) is 0 Å². The van der Waals surface area contributed by atoms with E-state index in [9.17, 15) is 5.11 Å². The Morgan fingerprint density at radius 3 is 2.64 bits per heavy atom. The van der Waals surface area contributed by atoms with Crippen molar-refractivity contribution in [3.63, 3.8) is 0 Å². The molecular formula is C20H26O2. The maximum atomic E-state index is 10.3. The summed E-state index contributed by atoms with van der Waals surface area (Å²) in [5, 5.41) is 12.4. The average Bonchev–Trinajstić information content (AvgIpc) is 2.47. The third-order valence-corrected chi connectivity index (χ3v) is 3.92. The van der Waals surface area contributed by atoms with E-state index in [0.29, 0.717) is 11.7 Å². The molecule has 2 aromatic rings. The SMILES string of the molecule is CCC/C=C(/C)Oc1c(C)ccc2cc(C(C)C)c(O)cc12. The van der Waals surface area contributed by atoms with E-state index in [1.165, 1.54) is 0 Å². The highest BCUT2D eigenvalue weighted by Crippen LogP contribution is 2.37. The van der Waals surface area contributed by atoms with Gasteiger partial charge in [-0.25, -0.2) is 0 Å². The van der Waals surface area contributed by atoms with Crippen LogP contribution in [0.1, 0.15) is 57.6 Å². The fraction of sp³-hybridized carbons (Fsp3) is 0.400. The van der Waals surface area contributed by atoms with Gasteiger partial charge in [-0.3, -0.25) is 0 Å². The number of aromatic hydroxyl groups is 1. The minimum Gasteiger partial charge on any atom is -0.508 e.